The number of hydrogen-bond donors (Lipinski definition) is 1. The number of carbonyl (C=O) groups excluding carboxylic acids is 2. The molecular formula is C25H22FN3O4. The number of aryl methyl sites for hydroxylation is 2. The number of esters is 1. The second-order valence-electron chi connectivity index (χ2n) is 7.76. The van der Waals surface area contributed by atoms with Crippen LogP contribution in [0.15, 0.2) is 59.4 Å². The van der Waals surface area contributed by atoms with E-state index in [-0.39, 0.29) is 17.3 Å². The Labute approximate surface area is 188 Å². The van der Waals surface area contributed by atoms with Gasteiger partial charge in [-0.3, -0.25) is 9.59 Å². The molecule has 7 nitrogen and oxygen atoms in total. The monoisotopic (exact) mass is 447 g/mol. The molecule has 0 aliphatic heterocycles. The molecule has 0 atom stereocenters. The number of nitrogens with zero attached hydrogens (tertiary/aromatic N) is 2. The van der Waals surface area contributed by atoms with Crippen LogP contribution in [0.4, 0.5) is 4.39 Å². The van der Waals surface area contributed by atoms with Crippen molar-refractivity contribution in [3.63, 3.8) is 0 Å². The average Bonchev–Trinajstić information content (AvgIpc) is 3.10. The number of H-pyrrole nitrogens is 1. The molecule has 33 heavy (non-hydrogen) atoms. The van der Waals surface area contributed by atoms with Crippen LogP contribution in [0.5, 0.6) is 0 Å². The van der Waals surface area contributed by atoms with Crippen molar-refractivity contribution in [3.8, 4) is 0 Å². The molecule has 0 aliphatic carbocycles. The summed E-state index contributed by atoms with van der Waals surface area (Å²) in [6.45, 7) is 3.92. The fourth-order valence-corrected chi connectivity index (χ4v) is 3.87. The van der Waals surface area contributed by atoms with Gasteiger partial charge in [0.2, 0.25) is 5.78 Å². The lowest BCUT2D eigenvalue weighted by molar-refractivity contribution is 0.0469. The Kier molecular flexibility index (Phi) is 6.17. The predicted molar refractivity (Wildman–Crippen MR) is 121 cm³/mol. The van der Waals surface area contributed by atoms with Crippen LogP contribution < -0.4 is 5.56 Å². The molecule has 4 rings (SSSR count). The number of ether oxygens (including phenoxy) is 1. The molecule has 2 aromatic carbocycles. The Balaban J connectivity index is 1.45. The third-order valence-electron chi connectivity index (χ3n) is 5.64. The Bertz CT molecular complexity index is 1400. The van der Waals surface area contributed by atoms with E-state index in [9.17, 15) is 18.8 Å². The maximum atomic E-state index is 13.1. The van der Waals surface area contributed by atoms with Crippen LogP contribution in [0.2, 0.25) is 0 Å². The van der Waals surface area contributed by atoms with Gasteiger partial charge in [-0.25, -0.2) is 14.3 Å². The number of halogens is 1. The third kappa shape index (κ3) is 4.59. The third-order valence-corrected chi connectivity index (χ3v) is 5.64. The van der Waals surface area contributed by atoms with Crippen LogP contribution in [0.1, 0.15) is 37.8 Å². The summed E-state index contributed by atoms with van der Waals surface area (Å²) in [5.41, 5.74) is 2.67. The zero-order chi connectivity index (χ0) is 23.5. The maximum Gasteiger partial charge on any atom is 0.359 e. The first-order valence-electron chi connectivity index (χ1n) is 10.4. The van der Waals surface area contributed by atoms with E-state index in [1.54, 1.807) is 42.5 Å². The van der Waals surface area contributed by atoms with Gasteiger partial charge in [-0.2, -0.15) is 5.10 Å². The van der Waals surface area contributed by atoms with E-state index in [1.165, 1.54) is 12.1 Å². The largest absolute Gasteiger partial charge is 0.452 e. The Morgan fingerprint density at radius 1 is 1.06 bits per heavy atom. The number of hydrogen-bond acceptors (Lipinski definition) is 5. The highest BCUT2D eigenvalue weighted by Crippen LogP contribution is 2.18. The van der Waals surface area contributed by atoms with E-state index < -0.39 is 18.1 Å². The molecule has 0 unspecified atom stereocenters. The minimum absolute atomic E-state index is 0.0530. The molecule has 0 radical (unpaired) electrons. The van der Waals surface area contributed by atoms with Crippen molar-refractivity contribution in [2.24, 2.45) is 0 Å². The summed E-state index contributed by atoms with van der Waals surface area (Å²) in [5.74, 6) is -1.40. The first-order valence-corrected chi connectivity index (χ1v) is 10.4. The number of carbonyl (C=O) groups is 2. The number of rotatable bonds is 7. The molecule has 0 bridgehead atoms. The van der Waals surface area contributed by atoms with Gasteiger partial charge in [-0.15, -0.1) is 0 Å². The van der Waals surface area contributed by atoms with E-state index in [4.69, 9.17) is 4.74 Å². The fraction of sp³-hybridized carbons (Fsp3) is 0.200. The average molecular weight is 447 g/mol. The number of benzene rings is 2. The Hall–Kier alpha value is -4.07. The van der Waals surface area contributed by atoms with Crippen LogP contribution in [-0.2, 0) is 17.7 Å². The fourth-order valence-electron chi connectivity index (χ4n) is 3.87. The summed E-state index contributed by atoms with van der Waals surface area (Å²) >= 11 is 0. The zero-order valence-electron chi connectivity index (χ0n) is 18.2. The van der Waals surface area contributed by atoms with Crippen molar-refractivity contribution in [1.82, 2.24) is 14.8 Å². The highest BCUT2D eigenvalue weighted by molar-refractivity contribution is 6.04. The predicted octanol–water partition coefficient (Wildman–Crippen LogP) is 3.76. The topological polar surface area (TPSA) is 94.1 Å². The molecular weight excluding hydrogens is 425 g/mol. The lowest BCUT2D eigenvalue weighted by Crippen LogP contribution is -2.19. The van der Waals surface area contributed by atoms with Crippen molar-refractivity contribution < 1.29 is 18.7 Å². The summed E-state index contributed by atoms with van der Waals surface area (Å²) < 4.78 is 20.3. The highest BCUT2D eigenvalue weighted by Gasteiger charge is 2.20. The number of fused-ring (bicyclic) bond motifs is 1. The van der Waals surface area contributed by atoms with Crippen molar-refractivity contribution in [2.75, 3.05) is 6.61 Å². The molecule has 0 saturated heterocycles. The van der Waals surface area contributed by atoms with Gasteiger partial charge in [-0.1, -0.05) is 30.3 Å². The smallest absolute Gasteiger partial charge is 0.359 e. The molecule has 0 fully saturated rings. The number of aromatic amines is 1. The molecule has 2 aromatic heterocycles. The quantitative estimate of drug-likeness (QED) is 0.344. The minimum atomic E-state index is -0.791. The lowest BCUT2D eigenvalue weighted by atomic mass is 10.1. The minimum Gasteiger partial charge on any atom is -0.452 e. The van der Waals surface area contributed by atoms with Gasteiger partial charge >= 0.3 is 5.97 Å². The van der Waals surface area contributed by atoms with Crippen LogP contribution in [-0.4, -0.2) is 33.1 Å². The van der Waals surface area contributed by atoms with Gasteiger partial charge in [0.25, 0.3) is 5.56 Å². The molecule has 1 N–H and O–H groups in total. The van der Waals surface area contributed by atoms with E-state index >= 15 is 0 Å². The number of nitrogens with one attached hydrogen (secondary N) is 1. The van der Waals surface area contributed by atoms with Crippen LogP contribution >= 0.6 is 0 Å². The Morgan fingerprint density at radius 3 is 2.48 bits per heavy atom. The van der Waals surface area contributed by atoms with E-state index in [2.05, 4.69) is 10.2 Å². The van der Waals surface area contributed by atoms with Gasteiger partial charge in [0.05, 0.1) is 5.39 Å². The van der Waals surface area contributed by atoms with Crippen molar-refractivity contribution >= 4 is 22.5 Å². The van der Waals surface area contributed by atoms with Crippen molar-refractivity contribution in [3.05, 3.63) is 99.0 Å². The lowest BCUT2D eigenvalue weighted by Gasteiger charge is -2.10. The Morgan fingerprint density at radius 2 is 1.76 bits per heavy atom. The summed E-state index contributed by atoms with van der Waals surface area (Å²) in [7, 11) is 0. The van der Waals surface area contributed by atoms with Gasteiger partial charge in [0.1, 0.15) is 5.82 Å². The number of aromatic nitrogens is 3. The summed E-state index contributed by atoms with van der Waals surface area (Å²) in [4.78, 5) is 37.2. The molecule has 2 heterocycles. The summed E-state index contributed by atoms with van der Waals surface area (Å²) in [6.07, 6.45) is 0.685. The second-order valence-corrected chi connectivity index (χ2v) is 7.76. The molecule has 0 aliphatic rings. The normalized spacial score (nSPS) is 11.0. The molecule has 0 spiro atoms. The molecule has 4 aromatic rings. The molecule has 8 heteroatoms. The van der Waals surface area contributed by atoms with E-state index in [0.717, 1.165) is 17.0 Å². The van der Waals surface area contributed by atoms with Crippen molar-refractivity contribution in [2.45, 2.75) is 26.8 Å². The van der Waals surface area contributed by atoms with Crippen LogP contribution in [0.3, 0.4) is 0 Å². The maximum absolute atomic E-state index is 13.1. The summed E-state index contributed by atoms with van der Waals surface area (Å²) in [5, 5.41) is 6.75. The SMILES string of the molecule is Cc1cc(C(=O)COC(=O)c2n[nH]c(=O)c3ccccc23)c(C)n1CCc1ccc(F)cc1. The second kappa shape index (κ2) is 9.20. The first kappa shape index (κ1) is 22.1. The highest BCUT2D eigenvalue weighted by atomic mass is 19.1. The molecule has 0 amide bonds. The van der Waals surface area contributed by atoms with Gasteiger partial charge in [0, 0.05) is 28.9 Å². The van der Waals surface area contributed by atoms with Gasteiger partial charge < -0.3 is 9.30 Å². The van der Waals surface area contributed by atoms with Gasteiger partial charge in [-0.05, 0) is 50.1 Å². The zero-order valence-corrected chi connectivity index (χ0v) is 18.2. The van der Waals surface area contributed by atoms with Crippen LogP contribution in [0, 0.1) is 19.7 Å². The van der Waals surface area contributed by atoms with Crippen LogP contribution in [0.25, 0.3) is 10.8 Å². The standard InChI is InChI=1S/C25H22FN3O4/c1-15-13-21(16(2)29(15)12-11-17-7-9-18(26)10-8-17)22(30)14-33-25(32)23-19-5-3-4-6-20(19)24(31)28-27-23/h3-10,13H,11-12,14H2,1-2H3,(H,28,31). The van der Waals surface area contributed by atoms with E-state index in [1.807, 2.05) is 18.4 Å². The van der Waals surface area contributed by atoms with Crippen molar-refractivity contribution in [1.29, 1.82) is 0 Å². The number of ketones is 1. The first-order chi connectivity index (χ1) is 15.8. The molecule has 0 saturated carbocycles. The molecule has 168 valence electrons. The summed E-state index contributed by atoms with van der Waals surface area (Å²) in [6, 6.07) is 14.7. The number of Topliss-reactive ketones (excluding diaryl/α,β-unsaturated/α-hetero) is 1. The van der Waals surface area contributed by atoms with E-state index in [0.29, 0.717) is 29.3 Å². The van der Waals surface area contributed by atoms with Gasteiger partial charge in [0.15, 0.2) is 12.3 Å².